The van der Waals surface area contributed by atoms with E-state index in [0.29, 0.717) is 11.4 Å². The van der Waals surface area contributed by atoms with E-state index >= 15 is 0 Å². The summed E-state index contributed by atoms with van der Waals surface area (Å²) in [6.07, 6.45) is -0.892. The van der Waals surface area contributed by atoms with Gasteiger partial charge in [0.15, 0.2) is 5.75 Å². The van der Waals surface area contributed by atoms with Gasteiger partial charge < -0.3 is 20.9 Å². The predicted molar refractivity (Wildman–Crippen MR) is 47.6 cm³/mol. The second-order valence-electron chi connectivity index (χ2n) is 2.32. The van der Waals surface area contributed by atoms with Crippen LogP contribution < -0.4 is 20.9 Å². The van der Waals surface area contributed by atoms with Gasteiger partial charge in [-0.15, -0.1) is 0 Å². The number of carbonyl (C=O) groups is 1. The van der Waals surface area contributed by atoms with Crippen molar-refractivity contribution in [2.75, 3.05) is 12.8 Å². The fourth-order valence-corrected chi connectivity index (χ4v) is 0.855. The lowest BCUT2D eigenvalue weighted by atomic mass is 10.3. The van der Waals surface area contributed by atoms with E-state index in [4.69, 9.17) is 16.2 Å². The number of hydrogen-bond donors (Lipinski definition) is 2. The number of methoxy groups -OCH3 is 1. The molecule has 0 spiro atoms. The van der Waals surface area contributed by atoms with Gasteiger partial charge in [-0.3, -0.25) is 0 Å². The van der Waals surface area contributed by atoms with Crippen molar-refractivity contribution in [2.24, 2.45) is 5.73 Å². The molecule has 13 heavy (non-hydrogen) atoms. The summed E-state index contributed by atoms with van der Waals surface area (Å²) in [6, 6.07) is 4.67. The van der Waals surface area contributed by atoms with Crippen molar-refractivity contribution >= 4 is 11.8 Å². The molecule has 0 aliphatic rings. The smallest absolute Gasteiger partial charge is 0.410 e. The van der Waals surface area contributed by atoms with Gasteiger partial charge in [0.25, 0.3) is 0 Å². The number of nitrogen functional groups attached to an aromatic ring is 1. The lowest BCUT2D eigenvalue weighted by molar-refractivity contribution is 0.211. The molecule has 0 saturated heterocycles. The summed E-state index contributed by atoms with van der Waals surface area (Å²) >= 11 is 0. The number of rotatable bonds is 2. The average Bonchev–Trinajstić information content (AvgIpc) is 2.08. The summed E-state index contributed by atoms with van der Waals surface area (Å²) < 4.78 is 9.51. The Hall–Kier alpha value is -1.91. The highest BCUT2D eigenvalue weighted by Gasteiger charge is 2.04. The minimum Gasteiger partial charge on any atom is -0.497 e. The molecule has 4 N–H and O–H groups in total. The molecule has 0 fully saturated rings. The topological polar surface area (TPSA) is 87.6 Å². The number of nitrogens with two attached hydrogens (primary N) is 2. The van der Waals surface area contributed by atoms with Gasteiger partial charge in [0.05, 0.1) is 12.8 Å². The maximum Gasteiger partial charge on any atom is 0.410 e. The maximum absolute atomic E-state index is 10.4. The van der Waals surface area contributed by atoms with Crippen LogP contribution in [0.4, 0.5) is 10.5 Å². The number of hydrogen-bond acceptors (Lipinski definition) is 4. The highest BCUT2D eigenvalue weighted by atomic mass is 16.5. The van der Waals surface area contributed by atoms with Crippen LogP contribution in [0.1, 0.15) is 0 Å². The third-order valence-corrected chi connectivity index (χ3v) is 1.43. The van der Waals surface area contributed by atoms with Crippen LogP contribution in [0.3, 0.4) is 0 Å². The first kappa shape index (κ1) is 9.18. The lowest BCUT2D eigenvalue weighted by Crippen LogP contribution is -2.16. The third kappa shape index (κ3) is 2.26. The highest BCUT2D eigenvalue weighted by molar-refractivity contribution is 5.71. The van der Waals surface area contributed by atoms with Crippen LogP contribution in [-0.4, -0.2) is 13.2 Å². The second-order valence-corrected chi connectivity index (χ2v) is 2.32. The van der Waals surface area contributed by atoms with E-state index in [1.54, 1.807) is 6.07 Å². The summed E-state index contributed by atoms with van der Waals surface area (Å²) in [4.78, 5) is 10.4. The fourth-order valence-electron chi connectivity index (χ4n) is 0.855. The van der Waals surface area contributed by atoms with Crippen LogP contribution in [0.25, 0.3) is 0 Å². The van der Waals surface area contributed by atoms with Crippen molar-refractivity contribution in [1.29, 1.82) is 0 Å². The molecule has 1 aromatic carbocycles. The van der Waals surface area contributed by atoms with Gasteiger partial charge in [-0.2, -0.15) is 0 Å². The molecule has 70 valence electrons. The van der Waals surface area contributed by atoms with Crippen molar-refractivity contribution < 1.29 is 14.3 Å². The molecule has 0 aliphatic heterocycles. The Balaban J connectivity index is 2.91. The van der Waals surface area contributed by atoms with E-state index in [2.05, 4.69) is 4.74 Å². The highest BCUT2D eigenvalue weighted by Crippen LogP contribution is 2.25. The minimum absolute atomic E-state index is 0.230. The first-order valence-electron chi connectivity index (χ1n) is 3.54. The molecule has 0 bridgehead atoms. The Morgan fingerprint density at radius 1 is 1.46 bits per heavy atom. The summed E-state index contributed by atoms with van der Waals surface area (Å²) in [5.74, 6) is 0.822. The molecule has 0 unspecified atom stereocenters. The van der Waals surface area contributed by atoms with Crippen molar-refractivity contribution in [3.05, 3.63) is 18.2 Å². The van der Waals surface area contributed by atoms with Crippen molar-refractivity contribution in [2.45, 2.75) is 0 Å². The SMILES string of the molecule is COc1ccc(OC(N)=O)c(N)c1. The standard InChI is InChI=1S/C8H10N2O3/c1-12-5-2-3-7(6(9)4-5)13-8(10)11/h2-4H,9H2,1H3,(H2,10,11). The van der Waals surface area contributed by atoms with Gasteiger partial charge in [-0.05, 0) is 12.1 Å². The van der Waals surface area contributed by atoms with E-state index in [9.17, 15) is 4.79 Å². The van der Waals surface area contributed by atoms with Crippen LogP contribution in [0.5, 0.6) is 11.5 Å². The van der Waals surface area contributed by atoms with E-state index in [1.807, 2.05) is 0 Å². The average molecular weight is 182 g/mol. The molecule has 1 aromatic rings. The van der Waals surface area contributed by atoms with Gasteiger partial charge in [0, 0.05) is 6.07 Å². The zero-order chi connectivity index (χ0) is 9.84. The Morgan fingerprint density at radius 2 is 2.15 bits per heavy atom. The molecule has 0 aliphatic carbocycles. The predicted octanol–water partition coefficient (Wildman–Crippen LogP) is 0.735. The fraction of sp³-hybridized carbons (Fsp3) is 0.125. The number of primary amides is 1. The molecule has 0 saturated carbocycles. The molecule has 1 amide bonds. The third-order valence-electron chi connectivity index (χ3n) is 1.43. The zero-order valence-corrected chi connectivity index (χ0v) is 7.11. The maximum atomic E-state index is 10.4. The number of benzene rings is 1. The summed E-state index contributed by atoms with van der Waals surface area (Å²) in [6.45, 7) is 0. The Kier molecular flexibility index (Phi) is 2.59. The van der Waals surface area contributed by atoms with Gasteiger partial charge >= 0.3 is 6.09 Å². The molecule has 0 radical (unpaired) electrons. The van der Waals surface area contributed by atoms with Crippen molar-refractivity contribution in [3.63, 3.8) is 0 Å². The summed E-state index contributed by atoms with van der Waals surface area (Å²) in [5, 5.41) is 0. The van der Waals surface area contributed by atoms with E-state index in [0.717, 1.165) is 0 Å². The van der Waals surface area contributed by atoms with Gasteiger partial charge in [0.2, 0.25) is 0 Å². The second kappa shape index (κ2) is 3.66. The van der Waals surface area contributed by atoms with Crippen LogP contribution in [-0.2, 0) is 0 Å². The quantitative estimate of drug-likeness (QED) is 0.660. The number of amides is 1. The molecule has 1 rings (SSSR count). The van der Waals surface area contributed by atoms with Crippen LogP contribution in [0.15, 0.2) is 18.2 Å². The van der Waals surface area contributed by atoms with Gasteiger partial charge in [-0.1, -0.05) is 0 Å². The van der Waals surface area contributed by atoms with Crippen molar-refractivity contribution in [3.8, 4) is 11.5 Å². The monoisotopic (exact) mass is 182 g/mol. The molecule has 0 aromatic heterocycles. The molecular formula is C8H10N2O3. The Labute approximate surface area is 75.2 Å². The first-order valence-corrected chi connectivity index (χ1v) is 3.54. The molecule has 5 nitrogen and oxygen atoms in total. The Morgan fingerprint density at radius 3 is 2.62 bits per heavy atom. The normalized spacial score (nSPS) is 9.31. The number of ether oxygens (including phenoxy) is 2. The minimum atomic E-state index is -0.892. The van der Waals surface area contributed by atoms with Crippen LogP contribution in [0.2, 0.25) is 0 Å². The van der Waals surface area contributed by atoms with Crippen LogP contribution in [0, 0.1) is 0 Å². The van der Waals surface area contributed by atoms with E-state index < -0.39 is 6.09 Å². The first-order chi connectivity index (χ1) is 6.13. The largest absolute Gasteiger partial charge is 0.497 e. The molecule has 5 heteroatoms. The summed E-state index contributed by atoms with van der Waals surface area (Å²) in [7, 11) is 1.52. The number of anilines is 1. The molecule has 0 atom stereocenters. The molecular weight excluding hydrogens is 172 g/mol. The summed E-state index contributed by atoms with van der Waals surface area (Å²) in [5.41, 5.74) is 10.7. The van der Waals surface area contributed by atoms with E-state index in [1.165, 1.54) is 19.2 Å². The van der Waals surface area contributed by atoms with Gasteiger partial charge in [-0.25, -0.2) is 4.79 Å². The number of carbonyl (C=O) groups excluding carboxylic acids is 1. The van der Waals surface area contributed by atoms with Crippen molar-refractivity contribution in [1.82, 2.24) is 0 Å². The lowest BCUT2D eigenvalue weighted by Gasteiger charge is -2.06. The molecule has 0 heterocycles. The zero-order valence-electron chi connectivity index (χ0n) is 7.11. The Bertz CT molecular complexity index is 325. The van der Waals surface area contributed by atoms with E-state index in [-0.39, 0.29) is 5.75 Å². The van der Waals surface area contributed by atoms with Crippen LogP contribution >= 0.6 is 0 Å². The van der Waals surface area contributed by atoms with Gasteiger partial charge in [0.1, 0.15) is 5.75 Å².